The van der Waals surface area contributed by atoms with Crippen molar-refractivity contribution in [2.45, 2.75) is 39.3 Å². The molecule has 0 aromatic heterocycles. The minimum absolute atomic E-state index is 0.264. The summed E-state index contributed by atoms with van der Waals surface area (Å²) >= 11 is 0. The molecule has 0 aliphatic rings. The third-order valence-electron chi connectivity index (χ3n) is 2.50. The molecule has 3 nitrogen and oxygen atoms in total. The molecule has 3 heteroatoms. The molecule has 86 valence electrons. The maximum Gasteiger partial charge on any atom is 0.0791 e. The first-order valence-corrected chi connectivity index (χ1v) is 5.50. The zero-order valence-electron chi connectivity index (χ0n) is 10.2. The second-order valence-electron chi connectivity index (χ2n) is 4.63. The lowest BCUT2D eigenvalue weighted by Crippen LogP contribution is -2.40. The number of nitrogens with zero attached hydrogens (tertiary/aromatic N) is 1. The number of aliphatic hydroxyl groups excluding tert-OH is 1. The monoisotopic (exact) mass is 202 g/mol. The Kier molecular flexibility index (Phi) is 7.15. The first-order valence-electron chi connectivity index (χ1n) is 5.50. The number of hydrogen-bond acceptors (Lipinski definition) is 3. The van der Waals surface area contributed by atoms with Crippen LogP contribution in [0.1, 0.15) is 27.2 Å². The van der Waals surface area contributed by atoms with Gasteiger partial charge in [0.25, 0.3) is 0 Å². The molecule has 0 aliphatic heterocycles. The molecule has 0 saturated carbocycles. The van der Waals surface area contributed by atoms with Crippen LogP contribution in [-0.4, -0.2) is 49.3 Å². The van der Waals surface area contributed by atoms with Crippen molar-refractivity contribution < 1.29 is 5.11 Å². The van der Waals surface area contributed by atoms with E-state index in [9.17, 15) is 5.11 Å². The van der Waals surface area contributed by atoms with Gasteiger partial charge in [0.1, 0.15) is 0 Å². The molecule has 2 atom stereocenters. The lowest BCUT2D eigenvalue weighted by molar-refractivity contribution is 0.103. The molecular weight excluding hydrogens is 176 g/mol. The fourth-order valence-corrected chi connectivity index (χ4v) is 1.67. The van der Waals surface area contributed by atoms with Crippen molar-refractivity contribution in [2.24, 2.45) is 5.92 Å². The van der Waals surface area contributed by atoms with Gasteiger partial charge in [0.2, 0.25) is 0 Å². The molecule has 0 aromatic rings. The van der Waals surface area contributed by atoms with E-state index in [1.165, 1.54) is 6.42 Å². The van der Waals surface area contributed by atoms with Crippen LogP contribution in [0.25, 0.3) is 0 Å². The number of rotatable bonds is 7. The first-order chi connectivity index (χ1) is 6.47. The Morgan fingerprint density at radius 1 is 1.29 bits per heavy atom. The van der Waals surface area contributed by atoms with E-state index in [2.05, 4.69) is 38.0 Å². The highest BCUT2D eigenvalue weighted by Gasteiger charge is 2.14. The predicted octanol–water partition coefficient (Wildman–Crippen LogP) is 0.933. The average Bonchev–Trinajstić information content (AvgIpc) is 2.02. The predicted molar refractivity (Wildman–Crippen MR) is 61.5 cm³/mol. The third-order valence-corrected chi connectivity index (χ3v) is 2.50. The maximum atomic E-state index is 9.60. The van der Waals surface area contributed by atoms with Gasteiger partial charge in [0.15, 0.2) is 0 Å². The fraction of sp³-hybridized carbons (Fsp3) is 1.00. The Bertz CT molecular complexity index is 139. The van der Waals surface area contributed by atoms with Gasteiger partial charge in [-0.3, -0.25) is 0 Å². The van der Waals surface area contributed by atoms with Crippen molar-refractivity contribution >= 4 is 0 Å². The van der Waals surface area contributed by atoms with Crippen LogP contribution in [0.5, 0.6) is 0 Å². The Balaban J connectivity index is 3.76. The summed E-state index contributed by atoms with van der Waals surface area (Å²) < 4.78 is 0. The standard InChI is InChI=1S/C11H26N2O/c1-9(2)6-10(3)13(5)8-11(14)7-12-4/h9-12,14H,6-8H2,1-5H3. The smallest absolute Gasteiger partial charge is 0.0791 e. The van der Waals surface area contributed by atoms with E-state index in [0.717, 1.165) is 6.54 Å². The molecule has 0 saturated heterocycles. The zero-order valence-corrected chi connectivity index (χ0v) is 10.2. The summed E-state index contributed by atoms with van der Waals surface area (Å²) in [7, 11) is 3.94. The number of nitrogens with one attached hydrogen (secondary N) is 1. The molecule has 0 aliphatic carbocycles. The third kappa shape index (κ3) is 6.35. The van der Waals surface area contributed by atoms with E-state index >= 15 is 0 Å². The molecule has 0 bridgehead atoms. The molecule has 0 aromatic carbocycles. The Morgan fingerprint density at radius 3 is 2.29 bits per heavy atom. The quantitative estimate of drug-likeness (QED) is 0.645. The van der Waals surface area contributed by atoms with E-state index in [0.29, 0.717) is 18.5 Å². The fourth-order valence-electron chi connectivity index (χ4n) is 1.67. The van der Waals surface area contributed by atoms with Crippen LogP contribution < -0.4 is 5.32 Å². The van der Waals surface area contributed by atoms with E-state index in [1.807, 2.05) is 7.05 Å². The van der Waals surface area contributed by atoms with Crippen LogP contribution in [0.4, 0.5) is 0 Å². The average molecular weight is 202 g/mol. The van der Waals surface area contributed by atoms with Crippen molar-refractivity contribution in [1.29, 1.82) is 0 Å². The molecule has 2 unspecified atom stereocenters. The van der Waals surface area contributed by atoms with Crippen molar-refractivity contribution in [1.82, 2.24) is 10.2 Å². The van der Waals surface area contributed by atoms with Crippen LogP contribution in [0.3, 0.4) is 0 Å². The minimum atomic E-state index is -0.264. The van der Waals surface area contributed by atoms with Gasteiger partial charge in [0.05, 0.1) is 6.10 Å². The normalized spacial score (nSPS) is 16.3. The summed E-state index contributed by atoms with van der Waals surface area (Å²) in [5, 5.41) is 12.6. The molecular formula is C11H26N2O. The summed E-state index contributed by atoms with van der Waals surface area (Å²) in [6, 6.07) is 0.543. The Morgan fingerprint density at radius 2 is 1.86 bits per heavy atom. The minimum Gasteiger partial charge on any atom is -0.390 e. The Hall–Kier alpha value is -0.120. The van der Waals surface area contributed by atoms with Gasteiger partial charge in [-0.15, -0.1) is 0 Å². The number of aliphatic hydroxyl groups is 1. The maximum absolute atomic E-state index is 9.60. The molecule has 0 heterocycles. The summed E-state index contributed by atoms with van der Waals surface area (Å²) in [5.74, 6) is 0.717. The van der Waals surface area contributed by atoms with Gasteiger partial charge in [0, 0.05) is 19.1 Å². The lowest BCUT2D eigenvalue weighted by Gasteiger charge is -2.28. The summed E-state index contributed by atoms with van der Waals surface area (Å²) in [6.45, 7) is 8.09. The second kappa shape index (κ2) is 7.21. The van der Waals surface area contributed by atoms with Gasteiger partial charge in [-0.05, 0) is 33.4 Å². The molecule has 0 spiro atoms. The van der Waals surface area contributed by atoms with Crippen LogP contribution in [0.15, 0.2) is 0 Å². The van der Waals surface area contributed by atoms with E-state index < -0.39 is 0 Å². The molecule has 2 N–H and O–H groups in total. The van der Waals surface area contributed by atoms with Crippen LogP contribution in [-0.2, 0) is 0 Å². The van der Waals surface area contributed by atoms with Gasteiger partial charge < -0.3 is 15.3 Å². The van der Waals surface area contributed by atoms with Crippen molar-refractivity contribution in [3.05, 3.63) is 0 Å². The first kappa shape index (κ1) is 13.9. The summed E-state index contributed by atoms with van der Waals surface area (Å²) in [6.07, 6.45) is 0.919. The van der Waals surface area contributed by atoms with Crippen LogP contribution in [0, 0.1) is 5.92 Å². The Labute approximate surface area is 88.5 Å². The van der Waals surface area contributed by atoms with Gasteiger partial charge in [-0.25, -0.2) is 0 Å². The SMILES string of the molecule is CNCC(O)CN(C)C(C)CC(C)C. The highest BCUT2D eigenvalue weighted by molar-refractivity contribution is 4.69. The van der Waals surface area contributed by atoms with Crippen molar-refractivity contribution in [2.75, 3.05) is 27.2 Å². The number of likely N-dealkylation sites (N-methyl/N-ethyl adjacent to an activating group) is 2. The van der Waals surface area contributed by atoms with E-state index in [1.54, 1.807) is 0 Å². The molecule has 0 rings (SSSR count). The summed E-state index contributed by atoms with van der Waals surface area (Å²) in [5.41, 5.74) is 0. The lowest BCUT2D eigenvalue weighted by atomic mass is 10.0. The zero-order chi connectivity index (χ0) is 11.1. The van der Waals surface area contributed by atoms with Crippen LogP contribution in [0.2, 0.25) is 0 Å². The van der Waals surface area contributed by atoms with Gasteiger partial charge in [-0.1, -0.05) is 13.8 Å². The van der Waals surface area contributed by atoms with Gasteiger partial charge in [-0.2, -0.15) is 0 Å². The molecule has 0 amide bonds. The second-order valence-corrected chi connectivity index (χ2v) is 4.63. The van der Waals surface area contributed by atoms with E-state index in [-0.39, 0.29) is 6.10 Å². The molecule has 0 fully saturated rings. The molecule has 14 heavy (non-hydrogen) atoms. The summed E-state index contributed by atoms with van der Waals surface area (Å²) in [4.78, 5) is 2.22. The number of hydrogen-bond donors (Lipinski definition) is 2. The highest BCUT2D eigenvalue weighted by atomic mass is 16.3. The van der Waals surface area contributed by atoms with Crippen LogP contribution >= 0.6 is 0 Å². The van der Waals surface area contributed by atoms with Crippen molar-refractivity contribution in [3.63, 3.8) is 0 Å². The van der Waals surface area contributed by atoms with Crippen molar-refractivity contribution in [3.8, 4) is 0 Å². The molecule has 0 radical (unpaired) electrons. The van der Waals surface area contributed by atoms with E-state index in [4.69, 9.17) is 0 Å². The van der Waals surface area contributed by atoms with Gasteiger partial charge >= 0.3 is 0 Å². The highest BCUT2D eigenvalue weighted by Crippen LogP contribution is 2.09. The topological polar surface area (TPSA) is 35.5 Å². The largest absolute Gasteiger partial charge is 0.390 e.